The van der Waals surface area contributed by atoms with E-state index in [0.29, 0.717) is 15.2 Å². The number of amides is 1. The number of anilines is 3. The number of halogens is 4. The van der Waals surface area contributed by atoms with Crippen LogP contribution in [0.4, 0.5) is 39.8 Å². The maximum atomic E-state index is 13.7. The Hall–Kier alpha value is -3.46. The summed E-state index contributed by atoms with van der Waals surface area (Å²) in [6.45, 7) is 0. The third-order valence-electron chi connectivity index (χ3n) is 3.51. The van der Waals surface area contributed by atoms with Gasteiger partial charge < -0.3 is 15.4 Å². The molecule has 0 aliphatic heterocycles. The molecule has 15 heteroatoms. The number of nitrogens with zero attached hydrogens (tertiary/aromatic N) is 3. The predicted molar refractivity (Wildman–Crippen MR) is 109 cm³/mol. The van der Waals surface area contributed by atoms with Gasteiger partial charge in [0.05, 0.1) is 16.4 Å². The van der Waals surface area contributed by atoms with Crippen molar-refractivity contribution in [3.05, 3.63) is 58.4 Å². The summed E-state index contributed by atoms with van der Waals surface area (Å²) < 4.78 is 54.5. The van der Waals surface area contributed by atoms with E-state index >= 15 is 0 Å². The number of hydrogen-bond acceptors (Lipinski definition) is 9. The highest BCUT2D eigenvalue weighted by Crippen LogP contribution is 2.30. The third kappa shape index (κ3) is 6.78. The number of rotatable bonds is 8. The van der Waals surface area contributed by atoms with Gasteiger partial charge in [-0.2, -0.15) is 0 Å². The van der Waals surface area contributed by atoms with Crippen molar-refractivity contribution in [2.75, 3.05) is 16.4 Å². The minimum absolute atomic E-state index is 0.166. The van der Waals surface area contributed by atoms with Crippen LogP contribution in [0.3, 0.4) is 0 Å². The second-order valence-corrected chi connectivity index (χ2v) is 8.03. The Labute approximate surface area is 185 Å². The number of hydrogen-bond donors (Lipinski definition) is 2. The van der Waals surface area contributed by atoms with Crippen molar-refractivity contribution in [2.45, 2.75) is 10.7 Å². The summed E-state index contributed by atoms with van der Waals surface area (Å²) in [7, 11) is 0. The molecule has 0 saturated carbocycles. The first-order chi connectivity index (χ1) is 15.1. The van der Waals surface area contributed by atoms with E-state index in [9.17, 15) is 32.5 Å². The molecule has 168 valence electrons. The van der Waals surface area contributed by atoms with Crippen LogP contribution in [0.5, 0.6) is 5.75 Å². The first kappa shape index (κ1) is 23.2. The Bertz CT molecular complexity index is 1120. The molecule has 3 rings (SSSR count). The second-order valence-electron chi connectivity index (χ2n) is 5.83. The summed E-state index contributed by atoms with van der Waals surface area (Å²) in [4.78, 5) is 22.1. The molecule has 1 aromatic heterocycles. The lowest BCUT2D eigenvalue weighted by Gasteiger charge is -2.09. The molecule has 0 unspecified atom stereocenters. The van der Waals surface area contributed by atoms with E-state index in [1.807, 2.05) is 0 Å². The Morgan fingerprint density at radius 2 is 1.91 bits per heavy atom. The molecule has 2 aromatic carbocycles. The van der Waals surface area contributed by atoms with Crippen LogP contribution >= 0.6 is 23.1 Å². The van der Waals surface area contributed by atoms with Gasteiger partial charge in [0, 0.05) is 17.8 Å². The number of alkyl halides is 3. The number of thioether (sulfide) groups is 1. The standard InChI is InChI=1S/C17H11F4N5O4S2/c18-12-6-3-10(26(28)29)7-13(12)23-14(27)8-31-16-25-24-15(32-16)22-9-1-4-11(5-2-9)30-17(19,20)21/h1-7H,8H2,(H,22,24)(H,23,27). The van der Waals surface area contributed by atoms with Crippen LogP contribution in [0, 0.1) is 15.9 Å². The van der Waals surface area contributed by atoms with Crippen molar-refractivity contribution < 1.29 is 32.0 Å². The fourth-order valence-electron chi connectivity index (χ4n) is 2.22. The molecule has 0 atom stereocenters. The largest absolute Gasteiger partial charge is 0.573 e. The van der Waals surface area contributed by atoms with E-state index in [1.54, 1.807) is 0 Å². The number of aromatic nitrogens is 2. The molecule has 9 nitrogen and oxygen atoms in total. The topological polar surface area (TPSA) is 119 Å². The SMILES string of the molecule is O=C(CSc1nnc(Nc2ccc(OC(F)(F)F)cc2)s1)Nc1cc([N+](=O)[O-])ccc1F. The van der Waals surface area contributed by atoms with Gasteiger partial charge in [-0.3, -0.25) is 14.9 Å². The molecule has 32 heavy (non-hydrogen) atoms. The molecular weight excluding hydrogens is 478 g/mol. The normalized spacial score (nSPS) is 11.1. The number of nitro groups is 1. The summed E-state index contributed by atoms with van der Waals surface area (Å²) in [5, 5.41) is 23.9. The number of carbonyl (C=O) groups excluding carboxylic acids is 1. The van der Waals surface area contributed by atoms with E-state index < -0.39 is 23.0 Å². The number of nitro benzene ring substituents is 1. The maximum absolute atomic E-state index is 13.7. The third-order valence-corrected chi connectivity index (χ3v) is 5.48. The molecule has 0 radical (unpaired) electrons. The van der Waals surface area contributed by atoms with Crippen LogP contribution in [0.25, 0.3) is 0 Å². The predicted octanol–water partition coefficient (Wildman–Crippen LogP) is 4.96. The van der Waals surface area contributed by atoms with Crippen molar-refractivity contribution in [1.29, 1.82) is 0 Å². The highest BCUT2D eigenvalue weighted by Gasteiger charge is 2.31. The van der Waals surface area contributed by atoms with E-state index in [0.717, 1.165) is 53.4 Å². The number of non-ortho nitro benzene ring substituents is 1. The molecule has 0 aliphatic carbocycles. The maximum Gasteiger partial charge on any atom is 0.573 e. The number of carbonyl (C=O) groups is 1. The second kappa shape index (κ2) is 9.78. The molecule has 0 aliphatic rings. The van der Waals surface area contributed by atoms with Gasteiger partial charge in [-0.05, 0) is 30.3 Å². The minimum atomic E-state index is -4.78. The fraction of sp³-hybridized carbons (Fsp3) is 0.118. The summed E-state index contributed by atoms with van der Waals surface area (Å²) in [5.41, 5.74) is -0.249. The number of nitrogens with one attached hydrogen (secondary N) is 2. The first-order valence-electron chi connectivity index (χ1n) is 8.42. The molecule has 0 saturated heterocycles. The van der Waals surface area contributed by atoms with Crippen LogP contribution in [-0.4, -0.2) is 33.1 Å². The lowest BCUT2D eigenvalue weighted by Crippen LogP contribution is -2.16. The van der Waals surface area contributed by atoms with Gasteiger partial charge in [0.15, 0.2) is 4.34 Å². The van der Waals surface area contributed by atoms with Crippen molar-refractivity contribution in [1.82, 2.24) is 10.2 Å². The number of benzene rings is 2. The zero-order chi connectivity index (χ0) is 23.3. The van der Waals surface area contributed by atoms with Crippen molar-refractivity contribution in [3.8, 4) is 5.75 Å². The van der Waals surface area contributed by atoms with E-state index in [2.05, 4.69) is 25.6 Å². The average molecular weight is 489 g/mol. The van der Waals surface area contributed by atoms with E-state index in [-0.39, 0.29) is 22.9 Å². The molecule has 0 fully saturated rings. The van der Waals surface area contributed by atoms with Crippen molar-refractivity contribution in [3.63, 3.8) is 0 Å². The molecule has 3 aromatic rings. The zero-order valence-corrected chi connectivity index (χ0v) is 17.2. The van der Waals surface area contributed by atoms with Crippen LogP contribution in [0.2, 0.25) is 0 Å². The zero-order valence-electron chi connectivity index (χ0n) is 15.6. The molecule has 0 spiro atoms. The van der Waals surface area contributed by atoms with Gasteiger partial charge in [0.2, 0.25) is 11.0 Å². The average Bonchev–Trinajstić information content (AvgIpc) is 3.15. The van der Waals surface area contributed by atoms with Crippen LogP contribution in [0.15, 0.2) is 46.8 Å². The summed E-state index contributed by atoms with van der Waals surface area (Å²) in [6, 6.07) is 7.74. The fourth-order valence-corrected chi connectivity index (χ4v) is 3.79. The molecule has 2 N–H and O–H groups in total. The van der Waals surface area contributed by atoms with Gasteiger partial charge in [-0.15, -0.1) is 23.4 Å². The summed E-state index contributed by atoms with van der Waals surface area (Å²) in [6.07, 6.45) is -4.78. The Balaban J connectivity index is 1.53. The molecule has 1 heterocycles. The molecule has 0 bridgehead atoms. The van der Waals surface area contributed by atoms with Gasteiger partial charge in [-0.25, -0.2) is 4.39 Å². The highest BCUT2D eigenvalue weighted by molar-refractivity contribution is 8.01. The van der Waals surface area contributed by atoms with Crippen molar-refractivity contribution in [2.24, 2.45) is 0 Å². The monoisotopic (exact) mass is 489 g/mol. The van der Waals surface area contributed by atoms with Crippen LogP contribution in [-0.2, 0) is 4.79 Å². The van der Waals surface area contributed by atoms with Gasteiger partial charge in [-0.1, -0.05) is 23.1 Å². The van der Waals surface area contributed by atoms with Gasteiger partial charge in [0.25, 0.3) is 5.69 Å². The lowest BCUT2D eigenvalue weighted by atomic mass is 10.2. The Kier molecular flexibility index (Phi) is 7.09. The summed E-state index contributed by atoms with van der Waals surface area (Å²) in [5.74, 6) is -1.97. The quantitative estimate of drug-likeness (QED) is 0.197. The van der Waals surface area contributed by atoms with Gasteiger partial charge >= 0.3 is 6.36 Å². The highest BCUT2D eigenvalue weighted by atomic mass is 32.2. The van der Waals surface area contributed by atoms with Crippen LogP contribution in [0.1, 0.15) is 0 Å². The van der Waals surface area contributed by atoms with Crippen molar-refractivity contribution >= 4 is 51.2 Å². The van der Waals surface area contributed by atoms with Gasteiger partial charge in [0.1, 0.15) is 11.6 Å². The smallest absolute Gasteiger partial charge is 0.406 e. The van der Waals surface area contributed by atoms with E-state index in [4.69, 9.17) is 0 Å². The van der Waals surface area contributed by atoms with E-state index in [1.165, 1.54) is 12.1 Å². The number of ether oxygens (including phenoxy) is 1. The Morgan fingerprint density at radius 3 is 2.56 bits per heavy atom. The summed E-state index contributed by atoms with van der Waals surface area (Å²) >= 11 is 2.07. The minimum Gasteiger partial charge on any atom is -0.406 e. The first-order valence-corrected chi connectivity index (χ1v) is 10.2. The molecular formula is C17H11F4N5O4S2. The molecule has 1 amide bonds. The van der Waals surface area contributed by atoms with Crippen LogP contribution < -0.4 is 15.4 Å². The Morgan fingerprint density at radius 1 is 1.19 bits per heavy atom. The lowest BCUT2D eigenvalue weighted by molar-refractivity contribution is -0.384.